The van der Waals surface area contributed by atoms with Gasteiger partial charge in [0, 0.05) is 24.8 Å². The molecule has 0 unspecified atom stereocenters. The molecule has 3 heteroatoms. The van der Waals surface area contributed by atoms with Crippen molar-refractivity contribution in [2.75, 3.05) is 18.4 Å². The van der Waals surface area contributed by atoms with Gasteiger partial charge in [0.05, 0.1) is 0 Å². The van der Waals surface area contributed by atoms with Gasteiger partial charge in [-0.2, -0.15) is 0 Å². The highest BCUT2D eigenvalue weighted by atomic mass is 15.3. The van der Waals surface area contributed by atoms with Crippen molar-refractivity contribution in [1.82, 2.24) is 4.90 Å². The Balaban J connectivity index is 2.11. The maximum Gasteiger partial charge on any atom is 0.198 e. The highest BCUT2D eigenvalue weighted by molar-refractivity contribution is 5.93. The van der Waals surface area contributed by atoms with Crippen molar-refractivity contribution in [3.8, 4) is 0 Å². The molecule has 1 aliphatic heterocycles. The Morgan fingerprint density at radius 2 is 1.74 bits per heavy atom. The number of guanidine groups is 1. The summed E-state index contributed by atoms with van der Waals surface area (Å²) in [6, 6.07) is 8.82. The summed E-state index contributed by atoms with van der Waals surface area (Å²) in [6.07, 6.45) is 3.88. The number of hydrogen-bond donors (Lipinski definition) is 1. The fourth-order valence-electron chi connectivity index (χ4n) is 2.31. The predicted octanol–water partition coefficient (Wildman–Crippen LogP) is 3.66. The fraction of sp³-hybridized carbons (Fsp3) is 0.562. The standard InChI is InChI=1S/C16H25N3/c1-13(2)17-16(19-11-5-4-6-12-19)18-15-9-7-14(3)8-10-15/h7-10,13H,4-6,11-12H2,1-3H3,(H,17,18). The zero-order valence-electron chi connectivity index (χ0n) is 12.3. The number of likely N-dealkylation sites (tertiary alicyclic amines) is 1. The first kappa shape index (κ1) is 13.9. The summed E-state index contributed by atoms with van der Waals surface area (Å²) in [5.41, 5.74) is 2.40. The molecule has 0 aliphatic carbocycles. The lowest BCUT2D eigenvalue weighted by atomic mass is 10.1. The lowest BCUT2D eigenvalue weighted by molar-refractivity contribution is 0.340. The zero-order valence-corrected chi connectivity index (χ0v) is 12.3. The van der Waals surface area contributed by atoms with Crippen LogP contribution < -0.4 is 5.32 Å². The van der Waals surface area contributed by atoms with E-state index in [9.17, 15) is 0 Å². The number of aryl methyl sites for hydroxylation is 1. The van der Waals surface area contributed by atoms with Gasteiger partial charge in [-0.15, -0.1) is 0 Å². The van der Waals surface area contributed by atoms with E-state index in [2.05, 4.69) is 55.3 Å². The Kier molecular flexibility index (Phi) is 4.83. The van der Waals surface area contributed by atoms with Crippen LogP contribution in [0.15, 0.2) is 29.3 Å². The highest BCUT2D eigenvalue weighted by Crippen LogP contribution is 2.14. The average molecular weight is 259 g/mol. The molecule has 2 rings (SSSR count). The minimum Gasteiger partial charge on any atom is -0.343 e. The molecule has 1 N–H and O–H groups in total. The molecule has 1 heterocycles. The molecule has 19 heavy (non-hydrogen) atoms. The molecule has 1 fully saturated rings. The molecule has 0 spiro atoms. The Hall–Kier alpha value is -1.51. The van der Waals surface area contributed by atoms with Crippen molar-refractivity contribution in [2.45, 2.75) is 46.1 Å². The summed E-state index contributed by atoms with van der Waals surface area (Å²) < 4.78 is 0. The van der Waals surface area contributed by atoms with Gasteiger partial charge in [-0.1, -0.05) is 17.7 Å². The number of nitrogens with one attached hydrogen (secondary N) is 1. The van der Waals surface area contributed by atoms with Crippen molar-refractivity contribution >= 4 is 11.6 Å². The number of hydrogen-bond acceptors (Lipinski definition) is 1. The van der Waals surface area contributed by atoms with Crippen molar-refractivity contribution in [1.29, 1.82) is 0 Å². The second-order valence-corrected chi connectivity index (χ2v) is 5.59. The van der Waals surface area contributed by atoms with Gasteiger partial charge in [0.1, 0.15) is 0 Å². The second-order valence-electron chi connectivity index (χ2n) is 5.59. The minimum absolute atomic E-state index is 0.315. The van der Waals surface area contributed by atoms with Gasteiger partial charge in [-0.3, -0.25) is 4.99 Å². The fourth-order valence-corrected chi connectivity index (χ4v) is 2.31. The molecule has 0 radical (unpaired) electrons. The molecule has 3 nitrogen and oxygen atoms in total. The van der Waals surface area contributed by atoms with Crippen LogP contribution in [0.4, 0.5) is 5.69 Å². The smallest absolute Gasteiger partial charge is 0.198 e. The third-order valence-corrected chi connectivity index (χ3v) is 3.34. The van der Waals surface area contributed by atoms with E-state index in [1.165, 1.54) is 24.8 Å². The van der Waals surface area contributed by atoms with E-state index < -0.39 is 0 Å². The second kappa shape index (κ2) is 6.60. The van der Waals surface area contributed by atoms with Gasteiger partial charge in [-0.05, 0) is 52.2 Å². The van der Waals surface area contributed by atoms with Gasteiger partial charge in [0.2, 0.25) is 0 Å². The molecule has 0 bridgehead atoms. The highest BCUT2D eigenvalue weighted by Gasteiger charge is 2.15. The van der Waals surface area contributed by atoms with Crippen molar-refractivity contribution in [3.05, 3.63) is 29.8 Å². The van der Waals surface area contributed by atoms with Crippen LogP contribution in [0.3, 0.4) is 0 Å². The molecular formula is C16H25N3. The average Bonchev–Trinajstić information content (AvgIpc) is 2.41. The summed E-state index contributed by atoms with van der Waals surface area (Å²) in [5, 5.41) is 3.48. The van der Waals surface area contributed by atoms with Gasteiger partial charge < -0.3 is 10.2 Å². The van der Waals surface area contributed by atoms with Crippen molar-refractivity contribution in [3.63, 3.8) is 0 Å². The van der Waals surface area contributed by atoms with E-state index in [1.807, 2.05) is 0 Å². The van der Waals surface area contributed by atoms with E-state index in [1.54, 1.807) is 0 Å². The molecule has 1 aliphatic rings. The summed E-state index contributed by atoms with van der Waals surface area (Å²) in [7, 11) is 0. The first-order valence-electron chi connectivity index (χ1n) is 7.31. The minimum atomic E-state index is 0.315. The van der Waals surface area contributed by atoms with Crippen LogP contribution in [0.5, 0.6) is 0 Å². The van der Waals surface area contributed by atoms with Crippen molar-refractivity contribution < 1.29 is 0 Å². The number of anilines is 1. The first-order chi connectivity index (χ1) is 9.15. The monoisotopic (exact) mass is 259 g/mol. The number of piperidine rings is 1. The van der Waals surface area contributed by atoms with E-state index in [-0.39, 0.29) is 0 Å². The lowest BCUT2D eigenvalue weighted by Gasteiger charge is -2.30. The zero-order chi connectivity index (χ0) is 13.7. The van der Waals surface area contributed by atoms with Gasteiger partial charge in [0.25, 0.3) is 0 Å². The van der Waals surface area contributed by atoms with E-state index in [0.717, 1.165) is 24.7 Å². The van der Waals surface area contributed by atoms with Crippen LogP contribution in [0.2, 0.25) is 0 Å². The largest absolute Gasteiger partial charge is 0.343 e. The maximum absolute atomic E-state index is 4.75. The van der Waals surface area contributed by atoms with E-state index >= 15 is 0 Å². The van der Waals surface area contributed by atoms with Crippen LogP contribution >= 0.6 is 0 Å². The van der Waals surface area contributed by atoms with E-state index in [0.29, 0.717) is 6.04 Å². The third kappa shape index (κ3) is 4.27. The Bertz CT molecular complexity index is 414. The molecule has 0 aromatic heterocycles. The lowest BCUT2D eigenvalue weighted by Crippen LogP contribution is -2.40. The van der Waals surface area contributed by atoms with Crippen LogP contribution in [0, 0.1) is 6.92 Å². The van der Waals surface area contributed by atoms with Crippen LogP contribution in [0.25, 0.3) is 0 Å². The van der Waals surface area contributed by atoms with Gasteiger partial charge in [-0.25, -0.2) is 0 Å². The maximum atomic E-state index is 4.75. The SMILES string of the molecule is Cc1ccc(NC(=NC(C)C)N2CCCCC2)cc1. The normalized spacial score (nSPS) is 16.8. The summed E-state index contributed by atoms with van der Waals surface area (Å²) >= 11 is 0. The molecule has 1 aromatic carbocycles. The topological polar surface area (TPSA) is 27.6 Å². The molecular weight excluding hydrogens is 234 g/mol. The van der Waals surface area contributed by atoms with Crippen molar-refractivity contribution in [2.24, 2.45) is 4.99 Å². The van der Waals surface area contributed by atoms with Crippen LogP contribution in [-0.4, -0.2) is 30.0 Å². The Morgan fingerprint density at radius 1 is 1.11 bits per heavy atom. The van der Waals surface area contributed by atoms with Gasteiger partial charge in [0.15, 0.2) is 5.96 Å². The number of nitrogens with zero attached hydrogens (tertiary/aromatic N) is 2. The first-order valence-corrected chi connectivity index (χ1v) is 7.31. The van der Waals surface area contributed by atoms with Gasteiger partial charge >= 0.3 is 0 Å². The molecule has 104 valence electrons. The van der Waals surface area contributed by atoms with E-state index in [4.69, 9.17) is 4.99 Å². The molecule has 1 saturated heterocycles. The molecule has 0 amide bonds. The Morgan fingerprint density at radius 3 is 2.32 bits per heavy atom. The summed E-state index contributed by atoms with van der Waals surface area (Å²) in [4.78, 5) is 7.13. The third-order valence-electron chi connectivity index (χ3n) is 3.34. The summed E-state index contributed by atoms with van der Waals surface area (Å²) in [5.74, 6) is 1.03. The quantitative estimate of drug-likeness (QED) is 0.648. The number of rotatable bonds is 2. The van der Waals surface area contributed by atoms with Crippen LogP contribution in [0.1, 0.15) is 38.7 Å². The Labute approximate surface area is 116 Å². The molecule has 0 saturated carbocycles. The number of aliphatic imine (C=N–C) groups is 1. The summed E-state index contributed by atoms with van der Waals surface area (Å²) in [6.45, 7) is 8.59. The number of benzene rings is 1. The molecule has 1 aromatic rings. The van der Waals surface area contributed by atoms with Crippen LogP contribution in [-0.2, 0) is 0 Å². The molecule has 0 atom stereocenters. The predicted molar refractivity (Wildman–Crippen MR) is 82.8 cm³/mol.